The van der Waals surface area contributed by atoms with Gasteiger partial charge >= 0.3 is 0 Å². The van der Waals surface area contributed by atoms with E-state index in [4.69, 9.17) is 10.2 Å². The maximum absolute atomic E-state index is 5.90. The normalized spacial score (nSPS) is 11.2. The number of oxazole rings is 1. The minimum Gasteiger partial charge on any atom is -0.444 e. The Labute approximate surface area is 103 Å². The lowest BCUT2D eigenvalue weighted by Crippen LogP contribution is -2.05. The molecule has 0 amide bonds. The predicted molar refractivity (Wildman–Crippen MR) is 67.0 cm³/mol. The van der Waals surface area contributed by atoms with E-state index >= 15 is 0 Å². The summed E-state index contributed by atoms with van der Waals surface area (Å²) >= 11 is 0. The molecular formula is C12H13N5O. The molecule has 3 aromatic rings. The summed E-state index contributed by atoms with van der Waals surface area (Å²) in [4.78, 5) is 12.9. The first kappa shape index (κ1) is 10.8. The van der Waals surface area contributed by atoms with Crippen molar-refractivity contribution in [2.45, 2.75) is 20.4 Å². The van der Waals surface area contributed by atoms with Crippen LogP contribution in [-0.4, -0.2) is 19.5 Å². The zero-order chi connectivity index (χ0) is 12.7. The Morgan fingerprint density at radius 2 is 2.11 bits per heavy atom. The van der Waals surface area contributed by atoms with Crippen LogP contribution in [0.2, 0.25) is 0 Å². The molecule has 0 unspecified atom stereocenters. The first-order valence-corrected chi connectivity index (χ1v) is 5.64. The van der Waals surface area contributed by atoms with Gasteiger partial charge in [0.25, 0.3) is 0 Å². The van der Waals surface area contributed by atoms with E-state index in [2.05, 4.69) is 15.0 Å². The number of nitrogens with zero attached hydrogens (tertiary/aromatic N) is 4. The van der Waals surface area contributed by atoms with Crippen LogP contribution in [0, 0.1) is 13.8 Å². The van der Waals surface area contributed by atoms with E-state index in [9.17, 15) is 0 Å². The third kappa shape index (κ3) is 1.71. The summed E-state index contributed by atoms with van der Waals surface area (Å²) in [6.45, 7) is 4.23. The molecule has 0 bridgehead atoms. The zero-order valence-corrected chi connectivity index (χ0v) is 10.2. The molecule has 3 rings (SSSR count). The van der Waals surface area contributed by atoms with Crippen molar-refractivity contribution in [3.05, 3.63) is 35.7 Å². The van der Waals surface area contributed by atoms with Crippen molar-refractivity contribution in [2.75, 3.05) is 5.73 Å². The van der Waals surface area contributed by atoms with Crippen LogP contribution in [0.4, 0.5) is 5.95 Å². The monoisotopic (exact) mass is 243 g/mol. The molecule has 6 heteroatoms. The summed E-state index contributed by atoms with van der Waals surface area (Å²) in [5.41, 5.74) is 8.36. The minimum atomic E-state index is 0.416. The molecule has 0 spiro atoms. The highest BCUT2D eigenvalue weighted by Gasteiger charge is 2.12. The molecule has 6 nitrogen and oxygen atoms in total. The van der Waals surface area contributed by atoms with Crippen LogP contribution in [0.3, 0.4) is 0 Å². The molecule has 0 fully saturated rings. The quantitative estimate of drug-likeness (QED) is 0.740. The van der Waals surface area contributed by atoms with Gasteiger partial charge in [0.1, 0.15) is 17.8 Å². The summed E-state index contributed by atoms with van der Waals surface area (Å²) in [7, 11) is 0. The average molecular weight is 243 g/mol. The van der Waals surface area contributed by atoms with Gasteiger partial charge in [0.05, 0.1) is 6.20 Å². The number of aryl methyl sites for hydroxylation is 2. The number of anilines is 1. The van der Waals surface area contributed by atoms with Crippen molar-refractivity contribution in [3.63, 3.8) is 0 Å². The van der Waals surface area contributed by atoms with Crippen LogP contribution >= 0.6 is 0 Å². The topological polar surface area (TPSA) is 82.8 Å². The standard InChI is InChI=1S/C12H13N5O/c1-7-3-4-9-11(15-7)17(12(13)16-9)6-10-14-5-8(2)18-10/h3-5H,6H2,1-2H3,(H2,13,16). The van der Waals surface area contributed by atoms with Gasteiger partial charge in [0, 0.05) is 5.69 Å². The molecule has 0 saturated heterocycles. The second-order valence-electron chi connectivity index (χ2n) is 4.22. The Balaban J connectivity index is 2.10. The van der Waals surface area contributed by atoms with Crippen LogP contribution in [0.15, 0.2) is 22.7 Å². The molecule has 2 N–H and O–H groups in total. The molecule has 18 heavy (non-hydrogen) atoms. The third-order valence-corrected chi connectivity index (χ3v) is 2.72. The maximum atomic E-state index is 5.90. The number of nitrogens with two attached hydrogens (primary N) is 1. The SMILES string of the molecule is Cc1ccc2nc(N)n(Cc3ncc(C)o3)c2n1. The Bertz CT molecular complexity index is 712. The highest BCUT2D eigenvalue weighted by molar-refractivity contribution is 5.74. The fraction of sp³-hybridized carbons (Fsp3) is 0.250. The fourth-order valence-electron chi connectivity index (χ4n) is 1.88. The maximum Gasteiger partial charge on any atom is 0.214 e. The summed E-state index contributed by atoms with van der Waals surface area (Å²) < 4.78 is 7.25. The summed E-state index contributed by atoms with van der Waals surface area (Å²) in [6.07, 6.45) is 1.68. The largest absolute Gasteiger partial charge is 0.444 e. The predicted octanol–water partition coefficient (Wildman–Crippen LogP) is 1.67. The van der Waals surface area contributed by atoms with Crippen molar-refractivity contribution in [1.29, 1.82) is 0 Å². The van der Waals surface area contributed by atoms with Gasteiger partial charge in [-0.1, -0.05) is 0 Å². The smallest absolute Gasteiger partial charge is 0.214 e. The van der Waals surface area contributed by atoms with Crippen molar-refractivity contribution < 1.29 is 4.42 Å². The van der Waals surface area contributed by atoms with E-state index in [0.717, 1.165) is 22.6 Å². The second-order valence-corrected chi connectivity index (χ2v) is 4.22. The van der Waals surface area contributed by atoms with E-state index in [1.807, 2.05) is 26.0 Å². The molecule has 92 valence electrons. The first-order valence-electron chi connectivity index (χ1n) is 5.64. The Morgan fingerprint density at radius 1 is 1.28 bits per heavy atom. The molecule has 0 aromatic carbocycles. The van der Waals surface area contributed by atoms with Crippen LogP contribution in [0.25, 0.3) is 11.2 Å². The van der Waals surface area contributed by atoms with Gasteiger partial charge < -0.3 is 10.2 Å². The van der Waals surface area contributed by atoms with E-state index in [-0.39, 0.29) is 0 Å². The lowest BCUT2D eigenvalue weighted by molar-refractivity contribution is 0.460. The van der Waals surface area contributed by atoms with Gasteiger partial charge in [-0.3, -0.25) is 4.57 Å². The van der Waals surface area contributed by atoms with Gasteiger partial charge in [-0.2, -0.15) is 0 Å². The van der Waals surface area contributed by atoms with Crippen LogP contribution in [0.1, 0.15) is 17.3 Å². The van der Waals surface area contributed by atoms with Gasteiger partial charge in [-0.05, 0) is 26.0 Å². The lowest BCUT2D eigenvalue weighted by atomic mass is 10.3. The highest BCUT2D eigenvalue weighted by atomic mass is 16.4. The third-order valence-electron chi connectivity index (χ3n) is 2.72. The molecule has 0 saturated carbocycles. The van der Waals surface area contributed by atoms with Gasteiger partial charge in [-0.15, -0.1) is 0 Å². The molecular weight excluding hydrogens is 230 g/mol. The summed E-state index contributed by atoms with van der Waals surface area (Å²) in [5, 5.41) is 0. The van der Waals surface area contributed by atoms with Crippen molar-refractivity contribution in [1.82, 2.24) is 19.5 Å². The Hall–Kier alpha value is -2.37. The number of nitrogen functional groups attached to an aromatic ring is 1. The fourth-order valence-corrected chi connectivity index (χ4v) is 1.88. The molecule has 3 aromatic heterocycles. The summed E-state index contributed by atoms with van der Waals surface area (Å²) in [6, 6.07) is 3.82. The highest BCUT2D eigenvalue weighted by Crippen LogP contribution is 2.18. The van der Waals surface area contributed by atoms with Gasteiger partial charge in [0.15, 0.2) is 5.65 Å². The number of hydrogen-bond acceptors (Lipinski definition) is 5. The van der Waals surface area contributed by atoms with Crippen molar-refractivity contribution >= 4 is 17.1 Å². The van der Waals surface area contributed by atoms with Crippen molar-refractivity contribution in [3.8, 4) is 0 Å². The number of fused-ring (bicyclic) bond motifs is 1. The number of imidazole rings is 1. The minimum absolute atomic E-state index is 0.416. The average Bonchev–Trinajstić information content (AvgIpc) is 2.86. The van der Waals surface area contributed by atoms with E-state index in [1.165, 1.54) is 0 Å². The van der Waals surface area contributed by atoms with Crippen LogP contribution in [0.5, 0.6) is 0 Å². The summed E-state index contributed by atoms with van der Waals surface area (Å²) in [5.74, 6) is 1.79. The molecule has 0 aliphatic heterocycles. The number of aromatic nitrogens is 4. The first-order chi connectivity index (χ1) is 8.63. The molecule has 0 aliphatic rings. The van der Waals surface area contributed by atoms with E-state index < -0.39 is 0 Å². The molecule has 3 heterocycles. The zero-order valence-electron chi connectivity index (χ0n) is 10.2. The van der Waals surface area contributed by atoms with Crippen LogP contribution < -0.4 is 5.73 Å². The van der Waals surface area contributed by atoms with Gasteiger partial charge in [-0.25, -0.2) is 15.0 Å². The number of rotatable bonds is 2. The van der Waals surface area contributed by atoms with Crippen LogP contribution in [-0.2, 0) is 6.54 Å². The Morgan fingerprint density at radius 3 is 2.83 bits per heavy atom. The second kappa shape index (κ2) is 3.83. The van der Waals surface area contributed by atoms with Crippen molar-refractivity contribution in [2.24, 2.45) is 0 Å². The van der Waals surface area contributed by atoms with Gasteiger partial charge in [0.2, 0.25) is 11.8 Å². The molecule has 0 aliphatic carbocycles. The van der Waals surface area contributed by atoms with E-state index in [1.54, 1.807) is 10.8 Å². The molecule has 0 radical (unpaired) electrons. The number of pyridine rings is 1. The van der Waals surface area contributed by atoms with E-state index in [0.29, 0.717) is 18.4 Å². The molecule has 0 atom stereocenters. The Kier molecular flexibility index (Phi) is 2.29. The number of hydrogen-bond donors (Lipinski definition) is 1. The lowest BCUT2D eigenvalue weighted by Gasteiger charge is -2.02.